The van der Waals surface area contributed by atoms with E-state index in [4.69, 9.17) is 0 Å². The first-order valence-electron chi connectivity index (χ1n) is 7.59. The fourth-order valence-corrected chi connectivity index (χ4v) is 3.03. The first-order valence-corrected chi connectivity index (χ1v) is 8.38. The number of aryl methyl sites for hydroxylation is 3. The van der Waals surface area contributed by atoms with Crippen LogP contribution in [0.4, 0.5) is 0 Å². The van der Waals surface area contributed by atoms with E-state index in [2.05, 4.69) is 85.3 Å². The van der Waals surface area contributed by atoms with Gasteiger partial charge >= 0.3 is 0 Å². The van der Waals surface area contributed by atoms with Crippen LogP contribution >= 0.6 is 15.9 Å². The van der Waals surface area contributed by atoms with Gasteiger partial charge in [0.1, 0.15) is 0 Å². The molecule has 0 spiro atoms. The highest BCUT2D eigenvalue weighted by Gasteiger charge is 2.16. The Balaban J connectivity index is 2.45. The minimum absolute atomic E-state index is 0.261. The fourth-order valence-electron chi connectivity index (χ4n) is 2.57. The van der Waals surface area contributed by atoms with Crippen molar-refractivity contribution in [1.29, 1.82) is 0 Å². The minimum Gasteiger partial charge on any atom is -0.306 e. The fraction of sp³-hybridized carbons (Fsp3) is 0.368. The molecule has 1 atom stereocenters. The molecule has 2 aromatic carbocycles. The molecule has 0 heterocycles. The highest BCUT2D eigenvalue weighted by Crippen LogP contribution is 2.29. The van der Waals surface area contributed by atoms with Gasteiger partial charge in [0.15, 0.2) is 0 Å². The molecule has 0 bridgehead atoms. The van der Waals surface area contributed by atoms with E-state index in [1.54, 1.807) is 0 Å². The standard InChI is InChI=1S/C19H24BrN/c1-5-10-21-19(16-8-6-13(2)7-9-16)17-11-15(4)18(20)12-14(17)3/h6-9,11-12,19,21H,5,10H2,1-4H3. The van der Waals surface area contributed by atoms with Gasteiger partial charge in [-0.1, -0.05) is 58.7 Å². The molecule has 0 amide bonds. The van der Waals surface area contributed by atoms with Gasteiger partial charge < -0.3 is 5.32 Å². The summed E-state index contributed by atoms with van der Waals surface area (Å²) < 4.78 is 1.18. The second kappa shape index (κ2) is 7.24. The van der Waals surface area contributed by atoms with Gasteiger partial charge in [-0.05, 0) is 62.1 Å². The number of benzene rings is 2. The van der Waals surface area contributed by atoms with E-state index < -0.39 is 0 Å². The molecule has 2 rings (SSSR count). The summed E-state index contributed by atoms with van der Waals surface area (Å²) in [6.45, 7) is 9.70. The first-order chi connectivity index (χ1) is 10.0. The molecule has 1 N–H and O–H groups in total. The van der Waals surface area contributed by atoms with Crippen molar-refractivity contribution in [2.45, 2.75) is 40.2 Å². The third kappa shape index (κ3) is 3.96. The summed E-state index contributed by atoms with van der Waals surface area (Å²) in [4.78, 5) is 0. The summed E-state index contributed by atoms with van der Waals surface area (Å²) >= 11 is 3.63. The zero-order valence-electron chi connectivity index (χ0n) is 13.3. The predicted molar refractivity (Wildman–Crippen MR) is 94.9 cm³/mol. The molecule has 1 nitrogen and oxygen atoms in total. The summed E-state index contributed by atoms with van der Waals surface area (Å²) in [5, 5.41) is 3.69. The van der Waals surface area contributed by atoms with E-state index in [1.165, 1.54) is 32.3 Å². The summed E-state index contributed by atoms with van der Waals surface area (Å²) in [7, 11) is 0. The second-order valence-corrected chi connectivity index (χ2v) is 6.61. The van der Waals surface area contributed by atoms with Crippen molar-refractivity contribution in [2.75, 3.05) is 6.54 Å². The molecular formula is C19H24BrN. The van der Waals surface area contributed by atoms with Gasteiger partial charge in [0.2, 0.25) is 0 Å². The smallest absolute Gasteiger partial charge is 0.0579 e. The molecule has 0 saturated heterocycles. The van der Waals surface area contributed by atoms with Gasteiger partial charge in [-0.15, -0.1) is 0 Å². The molecule has 0 aliphatic rings. The molecule has 0 fully saturated rings. The molecule has 2 heteroatoms. The molecule has 2 aromatic rings. The van der Waals surface area contributed by atoms with E-state index in [0.29, 0.717) is 0 Å². The quantitative estimate of drug-likeness (QED) is 0.758. The van der Waals surface area contributed by atoms with Crippen molar-refractivity contribution >= 4 is 15.9 Å². The predicted octanol–water partition coefficient (Wildman–Crippen LogP) is 5.46. The topological polar surface area (TPSA) is 12.0 Å². The molecule has 0 radical (unpaired) electrons. The maximum absolute atomic E-state index is 3.69. The maximum atomic E-state index is 3.69. The molecule has 21 heavy (non-hydrogen) atoms. The highest BCUT2D eigenvalue weighted by molar-refractivity contribution is 9.10. The second-order valence-electron chi connectivity index (χ2n) is 5.76. The van der Waals surface area contributed by atoms with E-state index in [1.807, 2.05) is 0 Å². The third-order valence-corrected chi connectivity index (χ3v) is 4.72. The zero-order chi connectivity index (χ0) is 15.4. The lowest BCUT2D eigenvalue weighted by Gasteiger charge is -2.23. The Kier molecular flexibility index (Phi) is 5.60. The van der Waals surface area contributed by atoms with Crippen molar-refractivity contribution in [1.82, 2.24) is 5.32 Å². The van der Waals surface area contributed by atoms with Gasteiger partial charge in [-0.25, -0.2) is 0 Å². The van der Waals surface area contributed by atoms with Crippen LogP contribution in [0.3, 0.4) is 0 Å². The van der Waals surface area contributed by atoms with Crippen LogP contribution in [-0.4, -0.2) is 6.54 Å². The number of halogens is 1. The Morgan fingerprint density at radius 2 is 1.67 bits per heavy atom. The van der Waals surface area contributed by atoms with E-state index in [-0.39, 0.29) is 6.04 Å². The number of nitrogens with one attached hydrogen (secondary N) is 1. The third-order valence-electron chi connectivity index (χ3n) is 3.87. The summed E-state index contributed by atoms with van der Waals surface area (Å²) in [6, 6.07) is 13.6. The monoisotopic (exact) mass is 345 g/mol. The Morgan fingerprint density at radius 3 is 2.29 bits per heavy atom. The lowest BCUT2D eigenvalue weighted by atomic mass is 9.93. The van der Waals surface area contributed by atoms with Crippen molar-refractivity contribution in [3.8, 4) is 0 Å². The van der Waals surface area contributed by atoms with Crippen LogP contribution in [0.2, 0.25) is 0 Å². The number of hydrogen-bond donors (Lipinski definition) is 1. The molecule has 0 aliphatic carbocycles. The molecule has 0 saturated carbocycles. The minimum atomic E-state index is 0.261. The Morgan fingerprint density at radius 1 is 1.00 bits per heavy atom. The lowest BCUT2D eigenvalue weighted by molar-refractivity contribution is 0.596. The van der Waals surface area contributed by atoms with Gasteiger partial charge in [0.05, 0.1) is 6.04 Å². The van der Waals surface area contributed by atoms with Gasteiger partial charge in [-0.2, -0.15) is 0 Å². The molecular weight excluding hydrogens is 322 g/mol. The van der Waals surface area contributed by atoms with E-state index in [0.717, 1.165) is 13.0 Å². The first kappa shape index (κ1) is 16.3. The van der Waals surface area contributed by atoms with E-state index >= 15 is 0 Å². The average Bonchev–Trinajstić information content (AvgIpc) is 2.46. The average molecular weight is 346 g/mol. The maximum Gasteiger partial charge on any atom is 0.0579 e. The largest absolute Gasteiger partial charge is 0.306 e. The zero-order valence-corrected chi connectivity index (χ0v) is 14.9. The van der Waals surface area contributed by atoms with Crippen LogP contribution in [0.1, 0.15) is 47.2 Å². The molecule has 112 valence electrons. The lowest BCUT2D eigenvalue weighted by Crippen LogP contribution is -2.24. The van der Waals surface area contributed by atoms with Crippen LogP contribution in [0.25, 0.3) is 0 Å². The summed E-state index contributed by atoms with van der Waals surface area (Å²) in [6.07, 6.45) is 1.14. The summed E-state index contributed by atoms with van der Waals surface area (Å²) in [5.41, 5.74) is 6.61. The molecule has 0 aliphatic heterocycles. The Labute approximate surface area is 136 Å². The summed E-state index contributed by atoms with van der Waals surface area (Å²) in [5.74, 6) is 0. The Bertz CT molecular complexity index is 602. The molecule has 0 aromatic heterocycles. The van der Waals surface area contributed by atoms with Crippen LogP contribution in [-0.2, 0) is 0 Å². The van der Waals surface area contributed by atoms with Crippen LogP contribution in [0.5, 0.6) is 0 Å². The van der Waals surface area contributed by atoms with Gasteiger partial charge in [-0.3, -0.25) is 0 Å². The van der Waals surface area contributed by atoms with Crippen molar-refractivity contribution < 1.29 is 0 Å². The number of rotatable bonds is 5. The number of hydrogen-bond acceptors (Lipinski definition) is 1. The normalized spacial score (nSPS) is 12.4. The Hall–Kier alpha value is -1.12. The van der Waals surface area contributed by atoms with Crippen molar-refractivity contribution in [2.24, 2.45) is 0 Å². The SMILES string of the molecule is CCCNC(c1ccc(C)cc1)c1cc(C)c(Br)cc1C. The van der Waals surface area contributed by atoms with E-state index in [9.17, 15) is 0 Å². The van der Waals surface area contributed by atoms with Crippen LogP contribution < -0.4 is 5.32 Å². The highest BCUT2D eigenvalue weighted by atomic mass is 79.9. The van der Waals surface area contributed by atoms with Crippen LogP contribution in [0.15, 0.2) is 40.9 Å². The molecule has 1 unspecified atom stereocenters. The van der Waals surface area contributed by atoms with Crippen LogP contribution in [0, 0.1) is 20.8 Å². The van der Waals surface area contributed by atoms with Crippen molar-refractivity contribution in [3.63, 3.8) is 0 Å². The van der Waals surface area contributed by atoms with Gasteiger partial charge in [0, 0.05) is 4.47 Å². The van der Waals surface area contributed by atoms with Gasteiger partial charge in [0.25, 0.3) is 0 Å². The van der Waals surface area contributed by atoms with Crippen molar-refractivity contribution in [3.05, 3.63) is 68.7 Å².